The molecular weight excluding hydrogens is 254 g/mol. The molecule has 6 nitrogen and oxygen atoms in total. The molecule has 1 fully saturated rings. The summed E-state index contributed by atoms with van der Waals surface area (Å²) in [5, 5.41) is 19.5. The Bertz CT molecular complexity index is 616. The zero-order valence-corrected chi connectivity index (χ0v) is 11.5. The number of H-pyrrole nitrogens is 1. The molecule has 104 valence electrons. The van der Waals surface area contributed by atoms with Gasteiger partial charge < -0.3 is 4.52 Å². The lowest BCUT2D eigenvalue weighted by atomic mass is 9.80. The molecule has 2 aromatic heterocycles. The quantitative estimate of drug-likeness (QED) is 0.926. The number of rotatable bonds is 3. The van der Waals surface area contributed by atoms with Crippen molar-refractivity contribution in [3.8, 4) is 17.5 Å². The number of aromatic nitrogens is 4. The van der Waals surface area contributed by atoms with Crippen molar-refractivity contribution >= 4 is 0 Å². The number of nitrogens with one attached hydrogen (secondary N) is 1. The second-order valence-corrected chi connectivity index (χ2v) is 5.35. The van der Waals surface area contributed by atoms with E-state index in [1.807, 2.05) is 6.07 Å². The first-order valence-corrected chi connectivity index (χ1v) is 7.09. The van der Waals surface area contributed by atoms with Crippen molar-refractivity contribution in [2.45, 2.75) is 44.9 Å². The minimum Gasteiger partial charge on any atom is -0.334 e. The number of aromatic amines is 1. The average Bonchev–Trinajstić information content (AvgIpc) is 3.15. The summed E-state index contributed by atoms with van der Waals surface area (Å²) in [4.78, 5) is 4.45. The van der Waals surface area contributed by atoms with Gasteiger partial charge in [-0.15, -0.1) is 0 Å². The standard InChI is InChI=1S/C14H17N5O/c1-2-9-3-5-10(6-4-9)13-17-14(20-19-13)11-8-16-18-12(11)7-15/h8-10H,2-6H2,1H3,(H,16,18). The molecule has 1 aliphatic rings. The van der Waals surface area contributed by atoms with Crippen LogP contribution in [0.4, 0.5) is 0 Å². The SMILES string of the molecule is CCC1CCC(c2noc(-c3cn[nH]c3C#N)n2)CC1. The minimum absolute atomic E-state index is 0.356. The topological polar surface area (TPSA) is 91.4 Å². The van der Waals surface area contributed by atoms with Crippen LogP contribution in [-0.2, 0) is 0 Å². The van der Waals surface area contributed by atoms with Gasteiger partial charge in [0.05, 0.1) is 11.8 Å². The van der Waals surface area contributed by atoms with E-state index in [0.29, 0.717) is 23.1 Å². The molecule has 1 N–H and O–H groups in total. The Morgan fingerprint density at radius 1 is 1.40 bits per heavy atom. The molecule has 2 aromatic rings. The molecule has 0 spiro atoms. The highest BCUT2D eigenvalue weighted by Crippen LogP contribution is 2.36. The van der Waals surface area contributed by atoms with Gasteiger partial charge in [0, 0.05) is 5.92 Å². The lowest BCUT2D eigenvalue weighted by Gasteiger charge is -2.25. The fourth-order valence-corrected chi connectivity index (χ4v) is 2.87. The van der Waals surface area contributed by atoms with E-state index < -0.39 is 0 Å². The highest BCUT2D eigenvalue weighted by Gasteiger charge is 2.26. The third-order valence-corrected chi connectivity index (χ3v) is 4.21. The zero-order chi connectivity index (χ0) is 13.9. The minimum atomic E-state index is 0.356. The summed E-state index contributed by atoms with van der Waals surface area (Å²) in [6.45, 7) is 2.25. The molecule has 0 amide bonds. The highest BCUT2D eigenvalue weighted by atomic mass is 16.5. The maximum absolute atomic E-state index is 8.97. The van der Waals surface area contributed by atoms with Crippen LogP contribution in [0.2, 0.25) is 0 Å². The van der Waals surface area contributed by atoms with Crippen molar-refractivity contribution in [1.82, 2.24) is 20.3 Å². The Balaban J connectivity index is 1.76. The van der Waals surface area contributed by atoms with Crippen LogP contribution in [0.25, 0.3) is 11.5 Å². The largest absolute Gasteiger partial charge is 0.334 e. The van der Waals surface area contributed by atoms with Crippen LogP contribution in [-0.4, -0.2) is 20.3 Å². The van der Waals surface area contributed by atoms with Crippen molar-refractivity contribution in [3.05, 3.63) is 17.7 Å². The second-order valence-electron chi connectivity index (χ2n) is 5.35. The molecule has 2 heterocycles. The number of nitriles is 1. The molecule has 0 bridgehead atoms. The smallest absolute Gasteiger partial charge is 0.262 e. The van der Waals surface area contributed by atoms with Crippen molar-refractivity contribution in [3.63, 3.8) is 0 Å². The van der Waals surface area contributed by atoms with E-state index in [1.54, 1.807) is 6.20 Å². The molecule has 1 aliphatic carbocycles. The predicted molar refractivity (Wildman–Crippen MR) is 71.6 cm³/mol. The first kappa shape index (κ1) is 12.9. The van der Waals surface area contributed by atoms with Gasteiger partial charge in [-0.2, -0.15) is 15.3 Å². The lowest BCUT2D eigenvalue weighted by Crippen LogP contribution is -2.13. The molecule has 20 heavy (non-hydrogen) atoms. The fourth-order valence-electron chi connectivity index (χ4n) is 2.87. The Morgan fingerprint density at radius 3 is 2.90 bits per heavy atom. The van der Waals surface area contributed by atoms with E-state index in [-0.39, 0.29) is 0 Å². The molecule has 1 saturated carbocycles. The predicted octanol–water partition coefficient (Wildman–Crippen LogP) is 3.02. The number of hydrogen-bond donors (Lipinski definition) is 1. The van der Waals surface area contributed by atoms with Crippen molar-refractivity contribution in [1.29, 1.82) is 5.26 Å². The van der Waals surface area contributed by atoms with Crippen LogP contribution in [0.1, 0.15) is 56.5 Å². The van der Waals surface area contributed by atoms with Crippen LogP contribution >= 0.6 is 0 Å². The highest BCUT2D eigenvalue weighted by molar-refractivity contribution is 5.59. The molecule has 0 aliphatic heterocycles. The fraction of sp³-hybridized carbons (Fsp3) is 0.571. The second kappa shape index (κ2) is 5.45. The summed E-state index contributed by atoms with van der Waals surface area (Å²) < 4.78 is 5.29. The van der Waals surface area contributed by atoms with Gasteiger partial charge in [-0.1, -0.05) is 18.5 Å². The third kappa shape index (κ3) is 2.31. The van der Waals surface area contributed by atoms with Crippen LogP contribution < -0.4 is 0 Å². The van der Waals surface area contributed by atoms with Gasteiger partial charge in [0.25, 0.3) is 5.89 Å². The van der Waals surface area contributed by atoms with E-state index in [4.69, 9.17) is 9.78 Å². The molecule has 0 radical (unpaired) electrons. The van der Waals surface area contributed by atoms with Crippen molar-refractivity contribution in [2.24, 2.45) is 5.92 Å². The van der Waals surface area contributed by atoms with E-state index in [9.17, 15) is 0 Å². The summed E-state index contributed by atoms with van der Waals surface area (Å²) >= 11 is 0. The van der Waals surface area contributed by atoms with Gasteiger partial charge in [-0.05, 0) is 31.6 Å². The summed E-state index contributed by atoms with van der Waals surface area (Å²) in [6.07, 6.45) is 7.51. The molecule has 0 atom stereocenters. The average molecular weight is 271 g/mol. The zero-order valence-electron chi connectivity index (χ0n) is 11.5. The molecule has 0 aromatic carbocycles. The summed E-state index contributed by atoms with van der Waals surface area (Å²) in [6, 6.07) is 2.03. The van der Waals surface area contributed by atoms with Crippen LogP contribution in [0.3, 0.4) is 0 Å². The van der Waals surface area contributed by atoms with Crippen LogP contribution in [0, 0.1) is 17.2 Å². The third-order valence-electron chi connectivity index (χ3n) is 4.21. The molecule has 3 rings (SSSR count). The Kier molecular flexibility index (Phi) is 3.50. The van der Waals surface area contributed by atoms with Gasteiger partial charge in [-0.25, -0.2) is 0 Å². The van der Waals surface area contributed by atoms with Crippen molar-refractivity contribution < 1.29 is 4.52 Å². The van der Waals surface area contributed by atoms with Gasteiger partial charge >= 0.3 is 0 Å². The van der Waals surface area contributed by atoms with Gasteiger partial charge in [0.2, 0.25) is 0 Å². The summed E-state index contributed by atoms with van der Waals surface area (Å²) in [5.41, 5.74) is 0.934. The maximum atomic E-state index is 8.97. The Hall–Kier alpha value is -2.16. The van der Waals surface area contributed by atoms with E-state index in [2.05, 4.69) is 27.3 Å². The maximum Gasteiger partial charge on any atom is 0.262 e. The number of nitrogens with zero attached hydrogens (tertiary/aromatic N) is 4. The number of hydrogen-bond acceptors (Lipinski definition) is 5. The van der Waals surface area contributed by atoms with Crippen LogP contribution in [0.5, 0.6) is 0 Å². The summed E-state index contributed by atoms with van der Waals surface area (Å²) in [7, 11) is 0. The van der Waals surface area contributed by atoms with E-state index in [0.717, 1.165) is 24.6 Å². The Labute approximate surface area is 117 Å². The lowest BCUT2D eigenvalue weighted by molar-refractivity contribution is 0.305. The molecule has 6 heteroatoms. The van der Waals surface area contributed by atoms with Gasteiger partial charge in [0.1, 0.15) is 11.8 Å². The normalized spacial score (nSPS) is 22.6. The Morgan fingerprint density at radius 2 is 2.20 bits per heavy atom. The summed E-state index contributed by atoms with van der Waals surface area (Å²) in [5.74, 6) is 2.37. The molecule has 0 unspecified atom stereocenters. The van der Waals surface area contributed by atoms with Crippen molar-refractivity contribution in [2.75, 3.05) is 0 Å². The first-order valence-electron chi connectivity index (χ1n) is 7.09. The van der Waals surface area contributed by atoms with Gasteiger partial charge in [0.15, 0.2) is 5.82 Å². The van der Waals surface area contributed by atoms with E-state index in [1.165, 1.54) is 19.3 Å². The first-order chi connectivity index (χ1) is 9.81. The monoisotopic (exact) mass is 271 g/mol. The van der Waals surface area contributed by atoms with Crippen LogP contribution in [0.15, 0.2) is 10.7 Å². The molecule has 0 saturated heterocycles. The van der Waals surface area contributed by atoms with E-state index >= 15 is 0 Å². The van der Waals surface area contributed by atoms with Gasteiger partial charge in [-0.3, -0.25) is 5.10 Å². The molecular formula is C14H17N5O.